The fourth-order valence-electron chi connectivity index (χ4n) is 2.31. The lowest BCUT2D eigenvalue weighted by atomic mass is 10.2. The predicted molar refractivity (Wildman–Crippen MR) is 71.7 cm³/mol. The van der Waals surface area contributed by atoms with Crippen LogP contribution in [0.15, 0.2) is 16.8 Å². The lowest BCUT2D eigenvalue weighted by Gasteiger charge is -2.21. The van der Waals surface area contributed by atoms with Gasteiger partial charge in [-0.3, -0.25) is 0 Å². The first-order valence-corrected chi connectivity index (χ1v) is 7.85. The summed E-state index contributed by atoms with van der Waals surface area (Å²) in [6.45, 7) is 1.12. The molecule has 1 fully saturated rings. The molecule has 1 aliphatic heterocycles. The Balaban J connectivity index is 2.00. The second-order valence-corrected chi connectivity index (χ2v) is 6.93. The molecule has 2 N–H and O–H groups in total. The third-order valence-electron chi connectivity index (χ3n) is 3.32. The molecule has 2 heterocycles. The van der Waals surface area contributed by atoms with Gasteiger partial charge in [-0.2, -0.15) is 0 Å². The summed E-state index contributed by atoms with van der Waals surface area (Å²) in [6, 6.07) is 3.57. The van der Waals surface area contributed by atoms with Crippen LogP contribution in [0.5, 0.6) is 0 Å². The van der Waals surface area contributed by atoms with E-state index in [1.807, 2.05) is 11.0 Å². The SMILES string of the molecule is Nc1ccc(N2CCCS(=O)(=O)CC2)c2nonc12. The highest BCUT2D eigenvalue weighted by atomic mass is 32.2. The molecule has 19 heavy (non-hydrogen) atoms. The number of benzene rings is 1. The molecule has 1 aliphatic rings. The number of aromatic nitrogens is 2. The van der Waals surface area contributed by atoms with Gasteiger partial charge in [0.15, 0.2) is 20.9 Å². The molecule has 2 aromatic rings. The maximum Gasteiger partial charge on any atom is 0.160 e. The van der Waals surface area contributed by atoms with Gasteiger partial charge in [0.25, 0.3) is 0 Å². The van der Waals surface area contributed by atoms with E-state index >= 15 is 0 Å². The van der Waals surface area contributed by atoms with Gasteiger partial charge in [-0.05, 0) is 28.9 Å². The number of sulfone groups is 1. The Morgan fingerprint density at radius 3 is 2.79 bits per heavy atom. The molecule has 0 saturated carbocycles. The van der Waals surface area contributed by atoms with E-state index in [1.165, 1.54) is 0 Å². The zero-order chi connectivity index (χ0) is 13.5. The summed E-state index contributed by atoms with van der Waals surface area (Å²) in [5, 5.41) is 7.63. The van der Waals surface area contributed by atoms with Crippen molar-refractivity contribution in [3.63, 3.8) is 0 Å². The smallest absolute Gasteiger partial charge is 0.160 e. The molecule has 1 saturated heterocycles. The van der Waals surface area contributed by atoms with Crippen LogP contribution in [0.2, 0.25) is 0 Å². The van der Waals surface area contributed by atoms with Crippen molar-refractivity contribution in [1.29, 1.82) is 0 Å². The molecule has 7 nitrogen and oxygen atoms in total. The van der Waals surface area contributed by atoms with E-state index in [2.05, 4.69) is 10.3 Å². The van der Waals surface area contributed by atoms with Crippen LogP contribution >= 0.6 is 0 Å². The van der Waals surface area contributed by atoms with Crippen LogP contribution in [0.25, 0.3) is 11.0 Å². The first-order valence-electron chi connectivity index (χ1n) is 6.03. The van der Waals surface area contributed by atoms with E-state index in [4.69, 9.17) is 10.4 Å². The van der Waals surface area contributed by atoms with E-state index < -0.39 is 9.84 Å². The number of nitrogens with two attached hydrogens (primary N) is 1. The molecular weight excluding hydrogens is 268 g/mol. The van der Waals surface area contributed by atoms with Crippen LogP contribution in [-0.4, -0.2) is 43.3 Å². The van der Waals surface area contributed by atoms with E-state index in [-0.39, 0.29) is 11.5 Å². The Labute approximate surface area is 110 Å². The zero-order valence-electron chi connectivity index (χ0n) is 10.2. The average Bonchev–Trinajstić information content (AvgIpc) is 2.78. The molecule has 102 valence electrons. The van der Waals surface area contributed by atoms with Crippen LogP contribution in [-0.2, 0) is 9.84 Å². The van der Waals surface area contributed by atoms with Gasteiger partial charge in [-0.1, -0.05) is 0 Å². The Morgan fingerprint density at radius 2 is 1.95 bits per heavy atom. The van der Waals surface area contributed by atoms with Gasteiger partial charge in [0.1, 0.15) is 0 Å². The number of rotatable bonds is 1. The van der Waals surface area contributed by atoms with Crippen molar-refractivity contribution in [1.82, 2.24) is 10.3 Å². The van der Waals surface area contributed by atoms with Crippen molar-refractivity contribution in [3.05, 3.63) is 12.1 Å². The van der Waals surface area contributed by atoms with Crippen LogP contribution in [0, 0.1) is 0 Å². The van der Waals surface area contributed by atoms with Crippen molar-refractivity contribution in [3.8, 4) is 0 Å². The number of hydrogen-bond acceptors (Lipinski definition) is 7. The summed E-state index contributed by atoms with van der Waals surface area (Å²) < 4.78 is 28.0. The summed E-state index contributed by atoms with van der Waals surface area (Å²) >= 11 is 0. The third kappa shape index (κ3) is 2.23. The van der Waals surface area contributed by atoms with Gasteiger partial charge in [0.05, 0.1) is 22.9 Å². The molecule has 0 aliphatic carbocycles. The summed E-state index contributed by atoms with van der Waals surface area (Å²) in [5.41, 5.74) is 8.22. The molecule has 1 aromatic heterocycles. The Bertz CT molecular complexity index is 710. The van der Waals surface area contributed by atoms with E-state index in [0.717, 1.165) is 5.69 Å². The highest BCUT2D eigenvalue weighted by Crippen LogP contribution is 2.29. The number of hydrogen-bond donors (Lipinski definition) is 1. The summed E-state index contributed by atoms with van der Waals surface area (Å²) in [4.78, 5) is 2.00. The van der Waals surface area contributed by atoms with Crippen LogP contribution < -0.4 is 10.6 Å². The number of nitrogen functional groups attached to an aromatic ring is 1. The monoisotopic (exact) mass is 282 g/mol. The minimum atomic E-state index is -2.93. The molecule has 0 bridgehead atoms. The topological polar surface area (TPSA) is 102 Å². The first-order chi connectivity index (χ1) is 9.07. The predicted octanol–water partition coefficient (Wildman–Crippen LogP) is 0.430. The van der Waals surface area contributed by atoms with Crippen molar-refractivity contribution in [2.45, 2.75) is 6.42 Å². The maximum absolute atomic E-state index is 11.6. The quantitative estimate of drug-likeness (QED) is 0.756. The number of nitrogens with zero attached hydrogens (tertiary/aromatic N) is 3. The van der Waals surface area contributed by atoms with Crippen LogP contribution in [0.3, 0.4) is 0 Å². The molecule has 0 atom stereocenters. The largest absolute Gasteiger partial charge is 0.397 e. The van der Waals surface area contributed by atoms with Crippen molar-refractivity contribution in [2.75, 3.05) is 35.2 Å². The van der Waals surface area contributed by atoms with Crippen LogP contribution in [0.1, 0.15) is 6.42 Å². The molecule has 3 rings (SSSR count). The van der Waals surface area contributed by atoms with Crippen molar-refractivity contribution < 1.29 is 13.0 Å². The highest BCUT2D eigenvalue weighted by Gasteiger charge is 2.22. The first kappa shape index (κ1) is 12.2. The van der Waals surface area contributed by atoms with E-state index in [9.17, 15) is 8.42 Å². The zero-order valence-corrected chi connectivity index (χ0v) is 11.1. The molecule has 0 unspecified atom stereocenters. The summed E-state index contributed by atoms with van der Waals surface area (Å²) in [7, 11) is -2.93. The Hall–Kier alpha value is -1.83. The summed E-state index contributed by atoms with van der Waals surface area (Å²) in [6.07, 6.45) is 0.611. The molecule has 0 amide bonds. The second kappa shape index (κ2) is 4.37. The molecule has 1 aromatic carbocycles. The van der Waals surface area contributed by atoms with Crippen molar-refractivity contribution >= 4 is 32.2 Å². The number of anilines is 2. The van der Waals surface area contributed by atoms with E-state index in [0.29, 0.717) is 36.2 Å². The normalized spacial score (nSPS) is 19.5. The van der Waals surface area contributed by atoms with Crippen molar-refractivity contribution in [2.24, 2.45) is 0 Å². The molecular formula is C11H14N4O3S. The fourth-order valence-corrected chi connectivity index (χ4v) is 3.58. The molecule has 0 spiro atoms. The Morgan fingerprint density at radius 1 is 1.16 bits per heavy atom. The van der Waals surface area contributed by atoms with Gasteiger partial charge in [0, 0.05) is 13.1 Å². The number of fused-ring (bicyclic) bond motifs is 1. The fraction of sp³-hybridized carbons (Fsp3) is 0.455. The lowest BCUT2D eigenvalue weighted by molar-refractivity contribution is 0.315. The Kier molecular flexibility index (Phi) is 2.81. The summed E-state index contributed by atoms with van der Waals surface area (Å²) in [5.74, 6) is 0.392. The van der Waals surface area contributed by atoms with Gasteiger partial charge in [0.2, 0.25) is 0 Å². The standard InChI is InChI=1S/C11H14N4O3S/c12-8-2-3-9(11-10(8)13-18-14-11)15-4-1-6-19(16,17)7-5-15/h2-3H,1,4-7,12H2. The molecule has 8 heteroatoms. The highest BCUT2D eigenvalue weighted by molar-refractivity contribution is 7.91. The maximum atomic E-state index is 11.6. The van der Waals surface area contributed by atoms with Crippen LogP contribution in [0.4, 0.5) is 11.4 Å². The van der Waals surface area contributed by atoms with Gasteiger partial charge >= 0.3 is 0 Å². The van der Waals surface area contributed by atoms with E-state index in [1.54, 1.807) is 6.07 Å². The average molecular weight is 282 g/mol. The minimum absolute atomic E-state index is 0.157. The van der Waals surface area contributed by atoms with Gasteiger partial charge < -0.3 is 10.6 Å². The third-order valence-corrected chi connectivity index (χ3v) is 5.04. The van der Waals surface area contributed by atoms with Gasteiger partial charge in [-0.15, -0.1) is 0 Å². The second-order valence-electron chi connectivity index (χ2n) is 4.63. The van der Waals surface area contributed by atoms with Gasteiger partial charge in [-0.25, -0.2) is 13.0 Å². The molecule has 0 radical (unpaired) electrons. The minimum Gasteiger partial charge on any atom is -0.397 e. The lowest BCUT2D eigenvalue weighted by Crippen LogP contribution is -2.27.